The van der Waals surface area contributed by atoms with Crippen molar-refractivity contribution in [3.8, 4) is 0 Å². The lowest BCUT2D eigenvalue weighted by Crippen LogP contribution is -2.37. The number of rotatable bonds is 0. The van der Waals surface area contributed by atoms with Gasteiger partial charge < -0.3 is 9.84 Å². The molecule has 0 amide bonds. The quantitative estimate of drug-likeness (QED) is 0.396. The number of nitrogens with two attached hydrogens (primary N) is 1. The minimum Gasteiger partial charge on any atom is -0.389 e. The van der Waals surface area contributed by atoms with Crippen molar-refractivity contribution in [2.45, 2.75) is 6.10 Å². The van der Waals surface area contributed by atoms with Crippen LogP contribution in [0, 0.1) is 0 Å². The summed E-state index contributed by atoms with van der Waals surface area (Å²) < 4.78 is 5.01. The maximum Gasteiger partial charge on any atom is 0.0914 e. The molecule has 1 aliphatic heterocycles. The Labute approximate surface area is 54.2 Å². The summed E-state index contributed by atoms with van der Waals surface area (Å²) in [4.78, 5) is 0. The van der Waals surface area contributed by atoms with E-state index in [-0.39, 0.29) is 0 Å². The van der Waals surface area contributed by atoms with Gasteiger partial charge in [-0.2, -0.15) is 0 Å². The third kappa shape index (κ3) is 2.28. The number of hydrazine groups is 1. The molecule has 1 fully saturated rings. The monoisotopic (exact) mass is 132 g/mol. The molecule has 1 heterocycles. The molecule has 0 bridgehead atoms. The van der Waals surface area contributed by atoms with Gasteiger partial charge in [0.15, 0.2) is 0 Å². The van der Waals surface area contributed by atoms with Gasteiger partial charge in [-0.1, -0.05) is 0 Å². The first kappa shape index (κ1) is 6.95. The molecule has 3 N–H and O–H groups in total. The van der Waals surface area contributed by atoms with Crippen molar-refractivity contribution in [2.75, 3.05) is 26.3 Å². The maximum atomic E-state index is 9.01. The SMILES string of the molecule is NN1CCOC[C@@H](O)C1. The Bertz CT molecular complexity index is 79.0. The minimum absolute atomic E-state index is 0.410. The molecule has 0 aromatic rings. The molecule has 1 aliphatic rings. The molecule has 0 aromatic heterocycles. The van der Waals surface area contributed by atoms with Gasteiger partial charge in [-0.3, -0.25) is 5.84 Å². The van der Waals surface area contributed by atoms with Crippen molar-refractivity contribution in [3.63, 3.8) is 0 Å². The fourth-order valence-corrected chi connectivity index (χ4v) is 0.816. The van der Waals surface area contributed by atoms with Crippen LogP contribution < -0.4 is 5.84 Å². The zero-order chi connectivity index (χ0) is 6.69. The number of ether oxygens (including phenoxy) is 1. The summed E-state index contributed by atoms with van der Waals surface area (Å²) in [5.41, 5.74) is 0. The lowest BCUT2D eigenvalue weighted by atomic mass is 10.4. The average molecular weight is 132 g/mol. The van der Waals surface area contributed by atoms with Crippen LogP contribution in [0.2, 0.25) is 0 Å². The summed E-state index contributed by atoms with van der Waals surface area (Å²) in [7, 11) is 0. The molecule has 54 valence electrons. The lowest BCUT2D eigenvalue weighted by Gasteiger charge is -2.12. The van der Waals surface area contributed by atoms with Crippen molar-refractivity contribution < 1.29 is 9.84 Å². The van der Waals surface area contributed by atoms with E-state index < -0.39 is 6.10 Å². The van der Waals surface area contributed by atoms with E-state index in [0.29, 0.717) is 26.3 Å². The van der Waals surface area contributed by atoms with E-state index in [0.717, 1.165) is 0 Å². The Hall–Kier alpha value is -0.160. The van der Waals surface area contributed by atoms with E-state index in [1.165, 1.54) is 0 Å². The average Bonchev–Trinajstić information content (AvgIpc) is 1.93. The molecule has 1 saturated heterocycles. The number of nitrogens with zero attached hydrogens (tertiary/aromatic N) is 1. The Morgan fingerprint density at radius 1 is 1.67 bits per heavy atom. The zero-order valence-corrected chi connectivity index (χ0v) is 5.29. The minimum atomic E-state index is -0.419. The predicted molar refractivity (Wildman–Crippen MR) is 32.6 cm³/mol. The van der Waals surface area contributed by atoms with Gasteiger partial charge in [0.2, 0.25) is 0 Å². The first-order valence-corrected chi connectivity index (χ1v) is 3.04. The highest BCUT2D eigenvalue weighted by Crippen LogP contribution is 1.93. The van der Waals surface area contributed by atoms with Gasteiger partial charge in [0.05, 0.1) is 19.3 Å². The first-order valence-electron chi connectivity index (χ1n) is 3.04. The van der Waals surface area contributed by atoms with Crippen LogP contribution in [-0.4, -0.2) is 42.5 Å². The molecule has 0 radical (unpaired) electrons. The Morgan fingerprint density at radius 2 is 2.44 bits per heavy atom. The Morgan fingerprint density at radius 3 is 3.22 bits per heavy atom. The number of aliphatic hydroxyl groups is 1. The number of hydrogen-bond acceptors (Lipinski definition) is 4. The molecule has 0 spiro atoms. The molecule has 0 saturated carbocycles. The lowest BCUT2D eigenvalue weighted by molar-refractivity contribution is 0.0565. The van der Waals surface area contributed by atoms with E-state index in [1.807, 2.05) is 0 Å². The van der Waals surface area contributed by atoms with Crippen molar-refractivity contribution >= 4 is 0 Å². The molecule has 4 heteroatoms. The maximum absolute atomic E-state index is 9.01. The second kappa shape index (κ2) is 3.12. The highest BCUT2D eigenvalue weighted by molar-refractivity contribution is 4.62. The van der Waals surface area contributed by atoms with Crippen molar-refractivity contribution in [2.24, 2.45) is 5.84 Å². The van der Waals surface area contributed by atoms with Gasteiger partial charge in [-0.15, -0.1) is 0 Å². The van der Waals surface area contributed by atoms with Crippen LogP contribution in [0.1, 0.15) is 0 Å². The van der Waals surface area contributed by atoms with E-state index in [2.05, 4.69) is 0 Å². The van der Waals surface area contributed by atoms with Crippen molar-refractivity contribution in [3.05, 3.63) is 0 Å². The third-order valence-electron chi connectivity index (χ3n) is 1.28. The topological polar surface area (TPSA) is 58.7 Å². The summed E-state index contributed by atoms with van der Waals surface area (Å²) in [5.74, 6) is 5.42. The zero-order valence-electron chi connectivity index (χ0n) is 5.29. The summed E-state index contributed by atoms with van der Waals surface area (Å²) >= 11 is 0. The molecule has 0 aromatic carbocycles. The van der Waals surface area contributed by atoms with Gasteiger partial charge >= 0.3 is 0 Å². The van der Waals surface area contributed by atoms with E-state index in [1.54, 1.807) is 5.01 Å². The van der Waals surface area contributed by atoms with Crippen LogP contribution in [0.5, 0.6) is 0 Å². The van der Waals surface area contributed by atoms with Gasteiger partial charge in [-0.25, -0.2) is 5.01 Å². The number of β-amino-alcohol motifs (C(OH)–C–C–N with tert-alkyl or cyclic N) is 1. The van der Waals surface area contributed by atoms with Gasteiger partial charge in [0.1, 0.15) is 0 Å². The largest absolute Gasteiger partial charge is 0.389 e. The summed E-state index contributed by atoms with van der Waals surface area (Å²) in [6.45, 7) is 2.25. The molecule has 4 nitrogen and oxygen atoms in total. The van der Waals surface area contributed by atoms with Crippen LogP contribution >= 0.6 is 0 Å². The van der Waals surface area contributed by atoms with Crippen LogP contribution in [0.3, 0.4) is 0 Å². The number of hydrogen-bond donors (Lipinski definition) is 2. The standard InChI is InChI=1S/C5H12N2O2/c6-7-1-2-9-4-5(8)3-7/h5,8H,1-4,6H2/t5-/m0/s1. The first-order chi connectivity index (χ1) is 4.29. The molecule has 1 rings (SSSR count). The molecule has 1 atom stereocenters. The highest BCUT2D eigenvalue weighted by atomic mass is 16.5. The highest BCUT2D eigenvalue weighted by Gasteiger charge is 2.12. The van der Waals surface area contributed by atoms with Gasteiger partial charge in [-0.05, 0) is 0 Å². The smallest absolute Gasteiger partial charge is 0.0914 e. The fourth-order valence-electron chi connectivity index (χ4n) is 0.816. The van der Waals surface area contributed by atoms with Crippen LogP contribution in [-0.2, 0) is 4.74 Å². The third-order valence-corrected chi connectivity index (χ3v) is 1.28. The normalized spacial score (nSPS) is 32.0. The molecule has 9 heavy (non-hydrogen) atoms. The van der Waals surface area contributed by atoms with Gasteiger partial charge in [0, 0.05) is 13.1 Å². The van der Waals surface area contributed by atoms with Crippen molar-refractivity contribution in [1.82, 2.24) is 5.01 Å². The predicted octanol–water partition coefficient (Wildman–Crippen LogP) is -1.45. The second-order valence-corrected chi connectivity index (χ2v) is 2.22. The molecule has 0 aliphatic carbocycles. The van der Waals surface area contributed by atoms with Crippen LogP contribution in [0.15, 0.2) is 0 Å². The van der Waals surface area contributed by atoms with E-state index >= 15 is 0 Å². The van der Waals surface area contributed by atoms with Crippen molar-refractivity contribution in [1.29, 1.82) is 0 Å². The van der Waals surface area contributed by atoms with E-state index in [9.17, 15) is 0 Å². The summed E-state index contributed by atoms with van der Waals surface area (Å²) in [5, 5.41) is 10.6. The fraction of sp³-hybridized carbons (Fsp3) is 1.00. The van der Waals surface area contributed by atoms with Crippen LogP contribution in [0.4, 0.5) is 0 Å². The van der Waals surface area contributed by atoms with Gasteiger partial charge in [0.25, 0.3) is 0 Å². The second-order valence-electron chi connectivity index (χ2n) is 2.22. The summed E-state index contributed by atoms with van der Waals surface area (Å²) in [6, 6.07) is 0. The Kier molecular flexibility index (Phi) is 2.41. The summed E-state index contributed by atoms with van der Waals surface area (Å²) in [6.07, 6.45) is -0.419. The number of aliphatic hydroxyl groups excluding tert-OH is 1. The van der Waals surface area contributed by atoms with E-state index in [4.69, 9.17) is 15.7 Å². The molecule has 0 unspecified atom stereocenters. The van der Waals surface area contributed by atoms with Crippen LogP contribution in [0.25, 0.3) is 0 Å². The molecular formula is C5H12N2O2. The molecular weight excluding hydrogens is 120 g/mol. The Balaban J connectivity index is 2.29.